The van der Waals surface area contributed by atoms with E-state index in [2.05, 4.69) is 0 Å². The molecule has 2 aliphatic rings. The Balaban J connectivity index is 1.43. The second kappa shape index (κ2) is 8.83. The van der Waals surface area contributed by atoms with Crippen LogP contribution in [0.2, 0.25) is 0 Å². The van der Waals surface area contributed by atoms with Gasteiger partial charge < -0.3 is 19.8 Å². The third-order valence-corrected chi connectivity index (χ3v) is 6.70. The van der Waals surface area contributed by atoms with Crippen LogP contribution in [0.15, 0.2) is 36.4 Å². The van der Waals surface area contributed by atoms with E-state index in [1.807, 2.05) is 4.57 Å². The number of rotatable bonds is 5. The second-order valence-electron chi connectivity index (χ2n) is 10.4. The molecule has 2 aromatic carbocycles. The smallest absolute Gasteiger partial charge is 0.356 e. The van der Waals surface area contributed by atoms with Crippen LogP contribution in [0.1, 0.15) is 64.0 Å². The van der Waals surface area contributed by atoms with Gasteiger partial charge in [-0.15, -0.1) is 0 Å². The Morgan fingerprint density at radius 2 is 1.61 bits per heavy atom. The van der Waals surface area contributed by atoms with Crippen LogP contribution < -0.4 is 10.5 Å². The van der Waals surface area contributed by atoms with Gasteiger partial charge in [0.2, 0.25) is 5.78 Å². The molecule has 2 aliphatic heterocycles. The van der Waals surface area contributed by atoms with Crippen molar-refractivity contribution in [3.05, 3.63) is 58.8 Å². The van der Waals surface area contributed by atoms with Crippen molar-refractivity contribution in [2.24, 2.45) is 0 Å². The van der Waals surface area contributed by atoms with Crippen LogP contribution >= 0.6 is 0 Å². The average molecular weight is 518 g/mol. The number of Topliss-reactive ketones (excluding diaryl/α,β-unsaturated/α-hetero) is 2. The zero-order chi connectivity index (χ0) is 27.5. The van der Waals surface area contributed by atoms with E-state index < -0.39 is 29.2 Å². The van der Waals surface area contributed by atoms with Crippen LogP contribution in [0, 0.1) is 6.92 Å². The van der Waals surface area contributed by atoms with Crippen molar-refractivity contribution in [2.45, 2.75) is 52.4 Å². The first kappa shape index (κ1) is 25.2. The summed E-state index contributed by atoms with van der Waals surface area (Å²) in [4.78, 5) is 64.8. The molecule has 0 spiro atoms. The molecule has 10 nitrogen and oxygen atoms in total. The zero-order valence-corrected chi connectivity index (χ0v) is 21.5. The second-order valence-corrected chi connectivity index (χ2v) is 10.4. The first-order valence-electron chi connectivity index (χ1n) is 12.2. The fourth-order valence-corrected chi connectivity index (χ4v) is 4.92. The minimum absolute atomic E-state index is 0.0252. The van der Waals surface area contributed by atoms with Crippen LogP contribution in [0.3, 0.4) is 0 Å². The molecule has 0 saturated heterocycles. The predicted octanol–water partition coefficient (Wildman–Crippen LogP) is 3.07. The lowest BCUT2D eigenvalue weighted by atomic mass is 9.97. The molecule has 3 heterocycles. The fourth-order valence-electron chi connectivity index (χ4n) is 4.92. The fraction of sp³-hybridized carbons (Fsp3) is 0.321. The van der Waals surface area contributed by atoms with Crippen LogP contribution in [0.5, 0.6) is 5.75 Å². The molecule has 1 atom stereocenters. The lowest BCUT2D eigenvalue weighted by Crippen LogP contribution is -2.46. The van der Waals surface area contributed by atoms with Crippen LogP contribution in [-0.2, 0) is 20.9 Å². The molecule has 1 aromatic heterocycles. The van der Waals surface area contributed by atoms with E-state index in [-0.39, 0.29) is 29.7 Å². The highest BCUT2D eigenvalue weighted by molar-refractivity contribution is 6.50. The minimum Gasteiger partial charge on any atom is -0.469 e. The Morgan fingerprint density at radius 3 is 2.21 bits per heavy atom. The lowest BCUT2D eigenvalue weighted by molar-refractivity contribution is -0.165. The average Bonchev–Trinajstić information content (AvgIpc) is 3.25. The molecule has 3 aromatic rings. The normalized spacial score (nSPS) is 17.1. The molecule has 196 valence electrons. The first-order valence-corrected chi connectivity index (χ1v) is 12.2. The van der Waals surface area contributed by atoms with Gasteiger partial charge in [-0.3, -0.25) is 24.1 Å². The van der Waals surface area contributed by atoms with Crippen LogP contribution in [0.4, 0.5) is 5.69 Å². The van der Waals surface area contributed by atoms with Crippen molar-refractivity contribution in [2.75, 3.05) is 12.3 Å². The number of fused-ring (bicyclic) bond motifs is 4. The molecular weight excluding hydrogens is 490 g/mol. The number of nitrogens with two attached hydrogens (primary N) is 1. The van der Waals surface area contributed by atoms with Crippen LogP contribution in [-0.4, -0.2) is 57.1 Å². The number of carbonyl (C=O) groups is 5. The summed E-state index contributed by atoms with van der Waals surface area (Å²) in [7, 11) is 0. The number of imide groups is 1. The van der Waals surface area contributed by atoms with Crippen molar-refractivity contribution in [3.8, 4) is 5.75 Å². The van der Waals surface area contributed by atoms with Gasteiger partial charge in [0.25, 0.3) is 23.7 Å². The predicted molar refractivity (Wildman–Crippen MR) is 137 cm³/mol. The first-order chi connectivity index (χ1) is 17.9. The summed E-state index contributed by atoms with van der Waals surface area (Å²) in [6.07, 6.45) is -1.28. The Hall–Kier alpha value is -4.47. The van der Waals surface area contributed by atoms with Crippen molar-refractivity contribution in [3.63, 3.8) is 0 Å². The number of carbonyl (C=O) groups excluding carboxylic acids is 5. The molecule has 2 amide bonds. The number of ketones is 2. The van der Waals surface area contributed by atoms with Gasteiger partial charge in [-0.1, -0.05) is 12.1 Å². The largest absolute Gasteiger partial charge is 0.469 e. The summed E-state index contributed by atoms with van der Waals surface area (Å²) in [6.45, 7) is 7.36. The molecule has 0 saturated carbocycles. The molecule has 1 unspecified atom stereocenters. The number of ether oxygens (including phenoxy) is 2. The molecule has 10 heteroatoms. The van der Waals surface area contributed by atoms with Crippen molar-refractivity contribution < 1.29 is 33.4 Å². The van der Waals surface area contributed by atoms with Gasteiger partial charge in [0, 0.05) is 18.8 Å². The van der Waals surface area contributed by atoms with E-state index in [0.29, 0.717) is 46.4 Å². The number of aromatic nitrogens is 1. The number of nitrogen functional groups attached to an aromatic ring is 1. The van der Waals surface area contributed by atoms with Crippen molar-refractivity contribution in [1.82, 2.24) is 9.47 Å². The summed E-state index contributed by atoms with van der Waals surface area (Å²) in [5, 5.41) is 0.412. The van der Waals surface area contributed by atoms with Gasteiger partial charge >= 0.3 is 5.97 Å². The molecule has 0 bridgehead atoms. The van der Waals surface area contributed by atoms with E-state index in [1.165, 1.54) is 11.0 Å². The Labute approximate surface area is 218 Å². The Bertz CT molecular complexity index is 1530. The van der Waals surface area contributed by atoms with Crippen LogP contribution in [0.25, 0.3) is 10.9 Å². The maximum absolute atomic E-state index is 12.9. The highest BCUT2D eigenvalue weighted by Crippen LogP contribution is 2.41. The summed E-state index contributed by atoms with van der Waals surface area (Å²) < 4.78 is 13.0. The number of aryl methyl sites for hydroxylation is 1. The summed E-state index contributed by atoms with van der Waals surface area (Å²) >= 11 is 0. The number of nitrogens with zero attached hydrogens (tertiary/aromatic N) is 2. The number of anilines is 1. The summed E-state index contributed by atoms with van der Waals surface area (Å²) in [5.41, 5.74) is 8.01. The molecular formula is C28H27N3O7. The maximum Gasteiger partial charge on any atom is 0.356 e. The zero-order valence-electron chi connectivity index (χ0n) is 21.5. The summed E-state index contributed by atoms with van der Waals surface area (Å²) in [6, 6.07) is 9.86. The van der Waals surface area contributed by atoms with E-state index >= 15 is 0 Å². The number of esters is 1. The molecule has 0 aliphatic carbocycles. The highest BCUT2D eigenvalue weighted by atomic mass is 16.6. The van der Waals surface area contributed by atoms with Crippen molar-refractivity contribution in [1.29, 1.82) is 0 Å². The number of benzene rings is 2. The molecule has 0 radical (unpaired) electrons. The van der Waals surface area contributed by atoms with Gasteiger partial charge in [0.05, 0.1) is 33.3 Å². The quantitative estimate of drug-likeness (QED) is 0.236. The SMILES string of the molecule is Cc1c(N)c2c3c(ccc2n1CCCN1C(=O)c2ccccc2C1=O)C(=O)C(=O)C(C(=O)OC(C)(C)C)O3. The summed E-state index contributed by atoms with van der Waals surface area (Å²) in [5.74, 6) is -3.38. The standard InChI is InChI=1S/C28H27N3O7/c1-14-20(29)19-18(30(14)12-7-13-31-25(34)15-8-5-6-9-16(15)26(31)35)11-10-17-21(32)22(33)24(37-23(17)19)27(36)38-28(2,3)4/h5-6,8-11,24H,7,12-13,29H2,1-4H3. The number of hydrogen-bond acceptors (Lipinski definition) is 8. The number of hydrogen-bond donors (Lipinski definition) is 1. The van der Waals surface area contributed by atoms with E-state index in [0.717, 1.165) is 0 Å². The topological polar surface area (TPSA) is 138 Å². The Kier molecular flexibility index (Phi) is 5.85. The van der Waals surface area contributed by atoms with Gasteiger partial charge in [-0.05, 0) is 58.4 Å². The van der Waals surface area contributed by atoms with Crippen molar-refractivity contribution >= 4 is 45.9 Å². The number of amides is 2. The molecule has 5 rings (SSSR count). The Morgan fingerprint density at radius 1 is 0.974 bits per heavy atom. The van der Waals surface area contributed by atoms with Gasteiger partial charge in [-0.2, -0.15) is 0 Å². The van der Waals surface area contributed by atoms with E-state index in [1.54, 1.807) is 58.0 Å². The van der Waals surface area contributed by atoms with E-state index in [4.69, 9.17) is 15.2 Å². The molecule has 38 heavy (non-hydrogen) atoms. The van der Waals surface area contributed by atoms with E-state index in [9.17, 15) is 24.0 Å². The third-order valence-electron chi connectivity index (χ3n) is 6.70. The van der Waals surface area contributed by atoms with Gasteiger partial charge in [-0.25, -0.2) is 4.79 Å². The monoisotopic (exact) mass is 517 g/mol. The molecule has 0 fully saturated rings. The highest BCUT2D eigenvalue weighted by Gasteiger charge is 2.44. The third kappa shape index (κ3) is 3.93. The van der Waals surface area contributed by atoms with Gasteiger partial charge in [0.15, 0.2) is 0 Å². The lowest BCUT2D eigenvalue weighted by Gasteiger charge is -2.27. The minimum atomic E-state index is -1.73. The van der Waals surface area contributed by atoms with Gasteiger partial charge in [0.1, 0.15) is 11.4 Å². The molecule has 2 N–H and O–H groups in total. The maximum atomic E-state index is 12.9.